The molecule has 0 amide bonds. The fraction of sp³-hybridized carbons (Fsp3) is 0.0833. The number of aromatic nitrogens is 5. The van der Waals surface area contributed by atoms with Crippen molar-refractivity contribution in [2.24, 2.45) is 0 Å². The van der Waals surface area contributed by atoms with E-state index in [0.717, 1.165) is 17.8 Å². The Bertz CT molecular complexity index is 582. The molecule has 2 heterocycles. The lowest BCUT2D eigenvalue weighted by molar-refractivity contribution is 0.650. The van der Waals surface area contributed by atoms with E-state index in [2.05, 4.69) is 32.6 Å². The largest absolute Gasteiger partial charge is 0.285 e. The molecule has 1 N–H and O–H groups in total. The molecule has 0 aliphatic carbocycles. The van der Waals surface area contributed by atoms with Crippen LogP contribution in [-0.4, -0.2) is 25.2 Å². The molecule has 1 aromatic carbocycles. The molecule has 5 heteroatoms. The van der Waals surface area contributed by atoms with E-state index in [9.17, 15) is 0 Å². The Morgan fingerprint density at radius 1 is 1.18 bits per heavy atom. The number of H-pyrrole nitrogens is 1. The maximum Gasteiger partial charge on any atom is 0.116 e. The number of hydrogen-bond donors (Lipinski definition) is 1. The zero-order valence-electron chi connectivity index (χ0n) is 9.11. The third-order valence-electron chi connectivity index (χ3n) is 2.52. The molecule has 3 aromatic rings. The topological polar surface area (TPSA) is 59.4 Å². The second-order valence-corrected chi connectivity index (χ2v) is 3.77. The minimum absolute atomic E-state index is 0.728. The van der Waals surface area contributed by atoms with Crippen LogP contribution >= 0.6 is 0 Å². The van der Waals surface area contributed by atoms with Gasteiger partial charge in [0.15, 0.2) is 0 Å². The first-order chi connectivity index (χ1) is 8.42. The molecule has 0 saturated heterocycles. The van der Waals surface area contributed by atoms with Crippen molar-refractivity contribution >= 4 is 0 Å². The van der Waals surface area contributed by atoms with Crippen molar-refractivity contribution in [3.63, 3.8) is 0 Å². The van der Waals surface area contributed by atoms with E-state index in [1.807, 2.05) is 29.1 Å². The molecule has 0 aliphatic heterocycles. The lowest BCUT2D eigenvalue weighted by atomic mass is 10.2. The lowest BCUT2D eigenvalue weighted by Gasteiger charge is -1.99. The van der Waals surface area contributed by atoms with Crippen LogP contribution in [0.5, 0.6) is 0 Å². The minimum Gasteiger partial charge on any atom is -0.285 e. The Morgan fingerprint density at radius 3 is 2.82 bits per heavy atom. The predicted octanol–water partition coefficient (Wildman–Crippen LogP) is 1.72. The summed E-state index contributed by atoms with van der Waals surface area (Å²) in [6.07, 6.45) is 5.45. The first-order valence-corrected chi connectivity index (χ1v) is 5.35. The Labute approximate surface area is 98.1 Å². The van der Waals surface area contributed by atoms with Gasteiger partial charge in [-0.05, 0) is 5.56 Å². The lowest BCUT2D eigenvalue weighted by Crippen LogP contribution is -1.99. The zero-order chi connectivity index (χ0) is 11.5. The van der Waals surface area contributed by atoms with Crippen LogP contribution in [0.3, 0.4) is 0 Å². The first kappa shape index (κ1) is 9.77. The Balaban J connectivity index is 1.82. The number of aromatic amines is 1. The van der Waals surface area contributed by atoms with Crippen molar-refractivity contribution in [1.29, 1.82) is 0 Å². The maximum atomic E-state index is 4.11. The third-order valence-corrected chi connectivity index (χ3v) is 2.52. The van der Waals surface area contributed by atoms with Crippen LogP contribution in [0, 0.1) is 0 Å². The number of hydrogen-bond acceptors (Lipinski definition) is 3. The Morgan fingerprint density at radius 2 is 2.06 bits per heavy atom. The molecule has 0 spiro atoms. The summed E-state index contributed by atoms with van der Waals surface area (Å²) < 4.78 is 1.82. The van der Waals surface area contributed by atoms with E-state index in [4.69, 9.17) is 0 Å². The van der Waals surface area contributed by atoms with Gasteiger partial charge in [0.05, 0.1) is 18.9 Å². The van der Waals surface area contributed by atoms with Crippen LogP contribution in [0.25, 0.3) is 11.3 Å². The highest BCUT2D eigenvalue weighted by atomic mass is 15.4. The standard InChI is InChI=1S/C12H11N5/c1-2-4-10(5-3-1)8-17-9-12(15-16-17)11-6-13-14-7-11/h1-7,9H,8H2,(H,13,14). The van der Waals surface area contributed by atoms with Crippen molar-refractivity contribution in [2.45, 2.75) is 6.54 Å². The maximum absolute atomic E-state index is 4.11. The number of nitrogens with zero attached hydrogens (tertiary/aromatic N) is 4. The average molecular weight is 225 g/mol. The molecule has 0 bridgehead atoms. The monoisotopic (exact) mass is 225 g/mol. The fourth-order valence-electron chi connectivity index (χ4n) is 1.67. The van der Waals surface area contributed by atoms with Gasteiger partial charge in [0.1, 0.15) is 5.69 Å². The van der Waals surface area contributed by atoms with Gasteiger partial charge in [-0.1, -0.05) is 35.5 Å². The van der Waals surface area contributed by atoms with Gasteiger partial charge in [-0.25, -0.2) is 4.68 Å². The highest BCUT2D eigenvalue weighted by Gasteiger charge is 2.04. The Hall–Kier alpha value is -2.43. The van der Waals surface area contributed by atoms with E-state index in [1.54, 1.807) is 12.4 Å². The summed E-state index contributed by atoms with van der Waals surface area (Å²) in [5.41, 5.74) is 2.98. The fourth-order valence-corrected chi connectivity index (χ4v) is 1.67. The Kier molecular flexibility index (Phi) is 2.42. The van der Waals surface area contributed by atoms with Gasteiger partial charge < -0.3 is 0 Å². The summed E-state index contributed by atoms with van der Waals surface area (Å²) in [6.45, 7) is 0.728. The van der Waals surface area contributed by atoms with Crippen LogP contribution in [0.15, 0.2) is 48.9 Å². The van der Waals surface area contributed by atoms with Gasteiger partial charge in [-0.2, -0.15) is 5.10 Å². The zero-order valence-corrected chi connectivity index (χ0v) is 9.11. The van der Waals surface area contributed by atoms with Gasteiger partial charge in [0, 0.05) is 11.8 Å². The van der Waals surface area contributed by atoms with Crippen molar-refractivity contribution in [1.82, 2.24) is 25.2 Å². The van der Waals surface area contributed by atoms with E-state index >= 15 is 0 Å². The second kappa shape index (κ2) is 4.21. The van der Waals surface area contributed by atoms with Crippen molar-refractivity contribution in [2.75, 3.05) is 0 Å². The molecule has 0 fully saturated rings. The molecule has 2 aromatic heterocycles. The van der Waals surface area contributed by atoms with Gasteiger partial charge in [0.25, 0.3) is 0 Å². The molecule has 0 atom stereocenters. The summed E-state index contributed by atoms with van der Waals surface area (Å²) >= 11 is 0. The third kappa shape index (κ3) is 2.08. The van der Waals surface area contributed by atoms with Crippen LogP contribution in [0.1, 0.15) is 5.56 Å². The van der Waals surface area contributed by atoms with E-state index in [1.165, 1.54) is 5.56 Å². The van der Waals surface area contributed by atoms with Gasteiger partial charge >= 0.3 is 0 Å². The predicted molar refractivity (Wildman–Crippen MR) is 63.1 cm³/mol. The quantitative estimate of drug-likeness (QED) is 0.738. The molecule has 0 saturated carbocycles. The first-order valence-electron chi connectivity index (χ1n) is 5.35. The normalized spacial score (nSPS) is 10.6. The summed E-state index contributed by atoms with van der Waals surface area (Å²) in [5, 5.41) is 14.9. The SMILES string of the molecule is c1ccc(Cn2cc(-c3cn[nH]c3)nn2)cc1. The summed E-state index contributed by atoms with van der Waals surface area (Å²) in [4.78, 5) is 0. The van der Waals surface area contributed by atoms with Crippen molar-refractivity contribution in [3.8, 4) is 11.3 Å². The molecule has 84 valence electrons. The number of rotatable bonds is 3. The van der Waals surface area contributed by atoms with Crippen LogP contribution in [-0.2, 0) is 6.54 Å². The van der Waals surface area contributed by atoms with Gasteiger partial charge in [-0.15, -0.1) is 5.10 Å². The molecule has 0 radical (unpaired) electrons. The molecule has 17 heavy (non-hydrogen) atoms. The average Bonchev–Trinajstić information content (AvgIpc) is 3.00. The number of benzene rings is 1. The summed E-state index contributed by atoms with van der Waals surface area (Å²) in [5.74, 6) is 0. The van der Waals surface area contributed by atoms with Gasteiger partial charge in [-0.3, -0.25) is 5.10 Å². The molecule has 0 aliphatic rings. The van der Waals surface area contributed by atoms with E-state index < -0.39 is 0 Å². The molecule has 0 unspecified atom stereocenters. The highest BCUT2D eigenvalue weighted by Crippen LogP contribution is 2.13. The van der Waals surface area contributed by atoms with E-state index in [-0.39, 0.29) is 0 Å². The van der Waals surface area contributed by atoms with Crippen LogP contribution in [0.4, 0.5) is 0 Å². The molecular formula is C12H11N5. The van der Waals surface area contributed by atoms with Crippen molar-refractivity contribution in [3.05, 3.63) is 54.5 Å². The summed E-state index contributed by atoms with van der Waals surface area (Å²) in [7, 11) is 0. The van der Waals surface area contributed by atoms with Crippen molar-refractivity contribution < 1.29 is 0 Å². The van der Waals surface area contributed by atoms with Gasteiger partial charge in [0.2, 0.25) is 0 Å². The molecular weight excluding hydrogens is 214 g/mol. The summed E-state index contributed by atoms with van der Waals surface area (Å²) in [6, 6.07) is 10.2. The van der Waals surface area contributed by atoms with Crippen LogP contribution < -0.4 is 0 Å². The minimum atomic E-state index is 0.728. The number of nitrogens with one attached hydrogen (secondary N) is 1. The van der Waals surface area contributed by atoms with Crippen LogP contribution in [0.2, 0.25) is 0 Å². The molecule has 5 nitrogen and oxygen atoms in total. The highest BCUT2D eigenvalue weighted by molar-refractivity contribution is 5.54. The van der Waals surface area contributed by atoms with E-state index in [0.29, 0.717) is 0 Å². The molecule has 3 rings (SSSR count). The smallest absolute Gasteiger partial charge is 0.116 e. The second-order valence-electron chi connectivity index (χ2n) is 3.77.